The van der Waals surface area contributed by atoms with Crippen LogP contribution in [-0.4, -0.2) is 24.0 Å². The monoisotopic (exact) mass is 183 g/mol. The van der Waals surface area contributed by atoms with E-state index in [-0.39, 0.29) is 6.79 Å². The van der Waals surface area contributed by atoms with Gasteiger partial charge in [-0.1, -0.05) is 0 Å². The summed E-state index contributed by atoms with van der Waals surface area (Å²) >= 11 is 0. The molecule has 1 aromatic rings. The van der Waals surface area contributed by atoms with Crippen LogP contribution < -0.4 is 4.74 Å². The van der Waals surface area contributed by atoms with Gasteiger partial charge in [-0.05, 0) is 19.1 Å². The van der Waals surface area contributed by atoms with E-state index in [2.05, 4.69) is 4.98 Å². The SMILES string of the molecule is COCOc1cccnc1C(C)O. The third kappa shape index (κ3) is 2.68. The van der Waals surface area contributed by atoms with Crippen LogP contribution >= 0.6 is 0 Å². The lowest BCUT2D eigenvalue weighted by Gasteiger charge is -2.10. The van der Waals surface area contributed by atoms with Gasteiger partial charge in [-0.25, -0.2) is 0 Å². The summed E-state index contributed by atoms with van der Waals surface area (Å²) in [6.45, 7) is 1.80. The minimum absolute atomic E-state index is 0.158. The Kier molecular flexibility index (Phi) is 3.67. The average Bonchev–Trinajstić information content (AvgIpc) is 2.15. The fourth-order valence-electron chi connectivity index (χ4n) is 0.961. The largest absolute Gasteiger partial charge is 0.466 e. The maximum Gasteiger partial charge on any atom is 0.188 e. The molecule has 1 atom stereocenters. The molecule has 1 N–H and O–H groups in total. The van der Waals surface area contributed by atoms with Crippen molar-refractivity contribution in [3.8, 4) is 5.75 Å². The molecule has 0 bridgehead atoms. The molecule has 0 aliphatic rings. The van der Waals surface area contributed by atoms with Gasteiger partial charge in [0, 0.05) is 13.3 Å². The van der Waals surface area contributed by atoms with Gasteiger partial charge in [0.1, 0.15) is 11.4 Å². The Morgan fingerprint density at radius 2 is 2.38 bits per heavy atom. The van der Waals surface area contributed by atoms with Crippen molar-refractivity contribution in [2.75, 3.05) is 13.9 Å². The highest BCUT2D eigenvalue weighted by molar-refractivity contribution is 5.28. The molecule has 4 nitrogen and oxygen atoms in total. The van der Waals surface area contributed by atoms with Crippen LogP contribution in [0.2, 0.25) is 0 Å². The number of rotatable bonds is 4. The molecule has 13 heavy (non-hydrogen) atoms. The number of nitrogens with zero attached hydrogens (tertiary/aromatic N) is 1. The Hall–Kier alpha value is -1.13. The maximum absolute atomic E-state index is 9.32. The van der Waals surface area contributed by atoms with E-state index in [1.54, 1.807) is 32.4 Å². The van der Waals surface area contributed by atoms with Gasteiger partial charge in [0.25, 0.3) is 0 Å². The lowest BCUT2D eigenvalue weighted by molar-refractivity contribution is 0.0478. The molecule has 0 aliphatic carbocycles. The zero-order valence-corrected chi connectivity index (χ0v) is 7.73. The number of aliphatic hydroxyl groups is 1. The van der Waals surface area contributed by atoms with Gasteiger partial charge in [0.15, 0.2) is 6.79 Å². The van der Waals surface area contributed by atoms with Crippen LogP contribution in [0.25, 0.3) is 0 Å². The average molecular weight is 183 g/mol. The summed E-state index contributed by atoms with van der Waals surface area (Å²) < 4.78 is 9.95. The van der Waals surface area contributed by atoms with Crippen LogP contribution in [0.5, 0.6) is 5.75 Å². The van der Waals surface area contributed by atoms with Crippen molar-refractivity contribution in [2.24, 2.45) is 0 Å². The van der Waals surface area contributed by atoms with Gasteiger partial charge in [-0.2, -0.15) is 0 Å². The highest BCUT2D eigenvalue weighted by atomic mass is 16.7. The molecule has 72 valence electrons. The van der Waals surface area contributed by atoms with Gasteiger partial charge < -0.3 is 14.6 Å². The van der Waals surface area contributed by atoms with Gasteiger partial charge in [-0.15, -0.1) is 0 Å². The fraction of sp³-hybridized carbons (Fsp3) is 0.444. The zero-order valence-electron chi connectivity index (χ0n) is 7.73. The van der Waals surface area contributed by atoms with Crippen molar-refractivity contribution in [3.05, 3.63) is 24.0 Å². The first-order valence-electron chi connectivity index (χ1n) is 4.00. The summed E-state index contributed by atoms with van der Waals surface area (Å²) in [6, 6.07) is 3.49. The Bertz CT molecular complexity index is 263. The first-order valence-corrected chi connectivity index (χ1v) is 4.00. The van der Waals surface area contributed by atoms with Crippen molar-refractivity contribution in [1.29, 1.82) is 0 Å². The van der Waals surface area contributed by atoms with Crippen molar-refractivity contribution in [2.45, 2.75) is 13.0 Å². The van der Waals surface area contributed by atoms with Gasteiger partial charge in [-0.3, -0.25) is 4.98 Å². The quantitative estimate of drug-likeness (QED) is 0.710. The number of hydrogen-bond acceptors (Lipinski definition) is 4. The standard InChI is InChI=1S/C9H13NO3/c1-7(11)9-8(13-6-12-2)4-3-5-10-9/h3-5,7,11H,6H2,1-2H3. The van der Waals surface area contributed by atoms with Crippen LogP contribution in [0.15, 0.2) is 18.3 Å². The molecule has 0 fully saturated rings. The van der Waals surface area contributed by atoms with Crippen LogP contribution in [0.4, 0.5) is 0 Å². The fourth-order valence-corrected chi connectivity index (χ4v) is 0.961. The highest BCUT2D eigenvalue weighted by Gasteiger charge is 2.09. The molecule has 0 amide bonds. The van der Waals surface area contributed by atoms with E-state index in [0.717, 1.165) is 0 Å². The molecule has 0 saturated heterocycles. The Morgan fingerprint density at radius 3 is 3.00 bits per heavy atom. The lowest BCUT2D eigenvalue weighted by atomic mass is 10.2. The van der Waals surface area contributed by atoms with E-state index in [4.69, 9.17) is 9.47 Å². The maximum atomic E-state index is 9.32. The molecule has 1 rings (SSSR count). The molecule has 0 radical (unpaired) electrons. The van der Waals surface area contributed by atoms with E-state index < -0.39 is 6.10 Å². The first kappa shape index (κ1) is 9.95. The number of aliphatic hydroxyl groups excluding tert-OH is 1. The first-order chi connectivity index (χ1) is 6.25. The third-order valence-corrected chi connectivity index (χ3v) is 1.53. The highest BCUT2D eigenvalue weighted by Crippen LogP contribution is 2.21. The number of methoxy groups -OCH3 is 1. The molecule has 0 aromatic carbocycles. The molecular weight excluding hydrogens is 170 g/mol. The molecule has 0 spiro atoms. The predicted octanol–water partition coefficient (Wildman–Crippen LogP) is 1.12. The lowest BCUT2D eigenvalue weighted by Crippen LogP contribution is -2.04. The smallest absolute Gasteiger partial charge is 0.188 e. The number of aromatic nitrogens is 1. The summed E-state index contributed by atoms with van der Waals surface area (Å²) in [4.78, 5) is 4.00. The second-order valence-electron chi connectivity index (χ2n) is 2.61. The molecule has 0 saturated carbocycles. The van der Waals surface area contributed by atoms with E-state index in [9.17, 15) is 5.11 Å². The normalized spacial score (nSPS) is 12.5. The van der Waals surface area contributed by atoms with Crippen LogP contribution in [-0.2, 0) is 4.74 Å². The zero-order chi connectivity index (χ0) is 9.68. The van der Waals surface area contributed by atoms with E-state index >= 15 is 0 Å². The second kappa shape index (κ2) is 4.79. The second-order valence-corrected chi connectivity index (χ2v) is 2.61. The van der Waals surface area contributed by atoms with Gasteiger partial charge in [0.05, 0.1) is 6.10 Å². The van der Waals surface area contributed by atoms with E-state index in [0.29, 0.717) is 11.4 Å². The van der Waals surface area contributed by atoms with Gasteiger partial charge >= 0.3 is 0 Å². The summed E-state index contributed by atoms with van der Waals surface area (Å²) in [5.41, 5.74) is 0.527. The van der Waals surface area contributed by atoms with Crippen molar-refractivity contribution < 1.29 is 14.6 Å². The molecule has 1 unspecified atom stereocenters. The van der Waals surface area contributed by atoms with Crippen molar-refractivity contribution in [1.82, 2.24) is 4.98 Å². The van der Waals surface area contributed by atoms with Crippen LogP contribution in [0, 0.1) is 0 Å². The number of hydrogen-bond donors (Lipinski definition) is 1. The molecule has 0 aliphatic heterocycles. The third-order valence-electron chi connectivity index (χ3n) is 1.53. The van der Waals surface area contributed by atoms with Crippen molar-refractivity contribution >= 4 is 0 Å². The minimum Gasteiger partial charge on any atom is -0.466 e. The van der Waals surface area contributed by atoms with E-state index in [1.807, 2.05) is 0 Å². The van der Waals surface area contributed by atoms with Crippen LogP contribution in [0.1, 0.15) is 18.7 Å². The minimum atomic E-state index is -0.631. The van der Waals surface area contributed by atoms with Gasteiger partial charge in [0.2, 0.25) is 0 Å². The summed E-state index contributed by atoms with van der Waals surface area (Å²) in [5.74, 6) is 0.555. The molecular formula is C9H13NO3. The Morgan fingerprint density at radius 1 is 1.62 bits per heavy atom. The Labute approximate surface area is 77.1 Å². The number of pyridine rings is 1. The molecule has 4 heteroatoms. The predicted molar refractivity (Wildman–Crippen MR) is 47.4 cm³/mol. The van der Waals surface area contributed by atoms with Crippen LogP contribution in [0.3, 0.4) is 0 Å². The summed E-state index contributed by atoms with van der Waals surface area (Å²) in [7, 11) is 1.54. The Balaban J connectivity index is 2.78. The number of ether oxygens (including phenoxy) is 2. The molecule has 1 aromatic heterocycles. The summed E-state index contributed by atoms with van der Waals surface area (Å²) in [6.07, 6.45) is 0.981. The topological polar surface area (TPSA) is 51.6 Å². The van der Waals surface area contributed by atoms with E-state index in [1.165, 1.54) is 0 Å². The summed E-state index contributed by atoms with van der Waals surface area (Å²) in [5, 5.41) is 9.32. The van der Waals surface area contributed by atoms with Crippen molar-refractivity contribution in [3.63, 3.8) is 0 Å². The molecule has 1 heterocycles.